The second-order valence-electron chi connectivity index (χ2n) is 10.5. The number of carbonyl (C=O) groups excluding carboxylic acids is 2. The Morgan fingerprint density at radius 1 is 1.04 bits per heavy atom. The Morgan fingerprint density at radius 2 is 1.79 bits per heavy atom. The monoisotopic (exact) mass is 683 g/mol. The van der Waals surface area contributed by atoms with Crippen molar-refractivity contribution in [1.29, 1.82) is 0 Å². The van der Waals surface area contributed by atoms with Crippen molar-refractivity contribution in [3.63, 3.8) is 0 Å². The van der Waals surface area contributed by atoms with Crippen LogP contribution < -0.4 is 14.8 Å². The molecule has 0 aliphatic carbocycles. The van der Waals surface area contributed by atoms with Gasteiger partial charge in [0.15, 0.2) is 23.1 Å². The predicted molar refractivity (Wildman–Crippen MR) is 178 cm³/mol. The van der Waals surface area contributed by atoms with Gasteiger partial charge in [0.25, 0.3) is 5.91 Å². The van der Waals surface area contributed by atoms with Gasteiger partial charge in [-0.05, 0) is 65.7 Å². The lowest BCUT2D eigenvalue weighted by Crippen LogP contribution is -2.38. The van der Waals surface area contributed by atoms with E-state index in [0.717, 1.165) is 37.0 Å². The van der Waals surface area contributed by atoms with E-state index in [2.05, 4.69) is 10.2 Å². The van der Waals surface area contributed by atoms with Crippen LogP contribution in [0.2, 0.25) is 0 Å². The lowest BCUT2D eigenvalue weighted by molar-refractivity contribution is -0.122. The summed E-state index contributed by atoms with van der Waals surface area (Å²) in [7, 11) is 1.47. The van der Waals surface area contributed by atoms with Crippen molar-refractivity contribution in [3.05, 3.63) is 82.3 Å². The Hall–Kier alpha value is -4.37. The zero-order valence-electron chi connectivity index (χ0n) is 25.3. The molecule has 0 saturated carbocycles. The molecule has 3 aromatic rings. The van der Waals surface area contributed by atoms with Gasteiger partial charge in [-0.25, -0.2) is 13.6 Å². The third-order valence-corrected chi connectivity index (χ3v) is 8.83. The summed E-state index contributed by atoms with van der Waals surface area (Å²) in [6.45, 7) is 3.80. The molecule has 2 aliphatic heterocycles. The van der Waals surface area contributed by atoms with Crippen LogP contribution in [-0.2, 0) is 14.3 Å². The molecule has 47 heavy (non-hydrogen) atoms. The first-order valence-corrected chi connectivity index (χ1v) is 15.8. The fourth-order valence-corrected chi connectivity index (χ4v) is 6.25. The molecule has 5 rings (SSSR count). The smallest absolute Gasteiger partial charge is 0.335 e. The van der Waals surface area contributed by atoms with E-state index < -0.39 is 23.5 Å². The molecule has 2 saturated heterocycles. The fourth-order valence-electron chi connectivity index (χ4n) is 4.95. The van der Waals surface area contributed by atoms with Crippen molar-refractivity contribution in [3.8, 4) is 22.6 Å². The van der Waals surface area contributed by atoms with E-state index in [0.29, 0.717) is 60.2 Å². The van der Waals surface area contributed by atoms with Crippen LogP contribution in [0.3, 0.4) is 0 Å². The number of benzene rings is 3. The molecule has 14 heteroatoms. The molecule has 246 valence electrons. The Morgan fingerprint density at radius 3 is 2.47 bits per heavy atom. The number of nitrogens with one attached hydrogen (secondary N) is 1. The first-order chi connectivity index (χ1) is 22.6. The predicted octanol–water partition coefficient (Wildman–Crippen LogP) is 5.28. The number of halogens is 2. The summed E-state index contributed by atoms with van der Waals surface area (Å²) in [6, 6.07) is 12.6. The van der Waals surface area contributed by atoms with Gasteiger partial charge in [0.1, 0.15) is 10.9 Å². The summed E-state index contributed by atoms with van der Waals surface area (Å²) < 4.78 is 45.4. The molecule has 0 unspecified atom stereocenters. The summed E-state index contributed by atoms with van der Waals surface area (Å²) in [6.07, 6.45) is 1.55. The van der Waals surface area contributed by atoms with Crippen molar-refractivity contribution in [2.24, 2.45) is 0 Å². The normalized spacial score (nSPS) is 16.1. The van der Waals surface area contributed by atoms with Crippen molar-refractivity contribution in [1.82, 2.24) is 9.80 Å². The Kier molecular flexibility index (Phi) is 11.2. The molecule has 10 nitrogen and oxygen atoms in total. The van der Waals surface area contributed by atoms with E-state index in [9.17, 15) is 23.2 Å². The fraction of sp³-hybridized carbons (Fsp3) is 0.273. The van der Waals surface area contributed by atoms with E-state index in [1.165, 1.54) is 42.3 Å². The van der Waals surface area contributed by atoms with E-state index in [4.69, 9.17) is 31.5 Å². The van der Waals surface area contributed by atoms with Gasteiger partial charge in [-0.3, -0.25) is 19.4 Å². The molecule has 2 N–H and O–H groups in total. The first-order valence-electron chi connectivity index (χ1n) is 14.6. The number of hydrogen-bond donors (Lipinski definition) is 2. The average molecular weight is 684 g/mol. The van der Waals surface area contributed by atoms with Crippen LogP contribution in [0.1, 0.15) is 22.3 Å². The van der Waals surface area contributed by atoms with Crippen LogP contribution in [0.5, 0.6) is 11.5 Å². The highest BCUT2D eigenvalue weighted by Gasteiger charge is 2.33. The van der Waals surface area contributed by atoms with E-state index in [1.807, 2.05) is 0 Å². The maximum Gasteiger partial charge on any atom is 0.335 e. The molecule has 0 bridgehead atoms. The van der Waals surface area contributed by atoms with Gasteiger partial charge >= 0.3 is 5.97 Å². The standard InChI is InChI=1S/C33H31F2N3O7S2/c1-43-27-18-22(21-4-7-25(34)26(35)17-21)16-23(30(27)45-15-12-37-10-13-44-14-11-37)19-28-31(40)38(33(46)47-28)9-8-29(39)36-24-5-2-20(3-6-24)32(41)42/h2-7,16-19H,8-15H2,1H3,(H,36,39)(H,41,42)/b28-19-. The number of carboxylic acids is 1. The number of rotatable bonds is 12. The Labute approximate surface area is 279 Å². The second-order valence-corrected chi connectivity index (χ2v) is 12.2. The van der Waals surface area contributed by atoms with E-state index in [-0.39, 0.29) is 33.7 Å². The van der Waals surface area contributed by atoms with Gasteiger partial charge in [-0.2, -0.15) is 0 Å². The quantitative estimate of drug-likeness (QED) is 0.193. The average Bonchev–Trinajstić information content (AvgIpc) is 3.33. The number of ether oxygens (including phenoxy) is 3. The van der Waals surface area contributed by atoms with Crippen LogP contribution >= 0.6 is 24.0 Å². The largest absolute Gasteiger partial charge is 0.493 e. The molecular weight excluding hydrogens is 653 g/mol. The zero-order valence-corrected chi connectivity index (χ0v) is 26.9. The number of nitrogens with zero attached hydrogens (tertiary/aromatic N) is 2. The number of carboxylic acid groups (broad SMARTS) is 1. The molecule has 3 aromatic carbocycles. The number of carbonyl (C=O) groups is 3. The Bertz CT molecular complexity index is 1710. The highest BCUT2D eigenvalue weighted by Crippen LogP contribution is 2.41. The molecule has 0 aromatic heterocycles. The summed E-state index contributed by atoms with van der Waals surface area (Å²) in [5.41, 5.74) is 1.88. The molecule has 2 aliphatic rings. The highest BCUT2D eigenvalue weighted by atomic mass is 32.2. The van der Waals surface area contributed by atoms with Crippen LogP contribution in [-0.4, -0.2) is 90.1 Å². The molecule has 2 heterocycles. The molecule has 2 amide bonds. The maximum absolute atomic E-state index is 14.2. The zero-order chi connectivity index (χ0) is 33.5. The van der Waals surface area contributed by atoms with E-state index in [1.54, 1.807) is 18.2 Å². The lowest BCUT2D eigenvalue weighted by Gasteiger charge is -2.26. The Balaban J connectivity index is 1.36. The second kappa shape index (κ2) is 15.5. The van der Waals surface area contributed by atoms with Crippen LogP contribution in [0.25, 0.3) is 17.2 Å². The van der Waals surface area contributed by atoms with Gasteiger partial charge in [0, 0.05) is 43.9 Å². The van der Waals surface area contributed by atoms with Crippen molar-refractivity contribution in [2.45, 2.75) is 6.42 Å². The third-order valence-electron chi connectivity index (χ3n) is 7.45. The topological polar surface area (TPSA) is 118 Å². The summed E-state index contributed by atoms with van der Waals surface area (Å²) in [5.74, 6) is -3.14. The van der Waals surface area contributed by atoms with Gasteiger partial charge in [-0.15, -0.1) is 0 Å². The third kappa shape index (κ3) is 8.51. The van der Waals surface area contributed by atoms with E-state index >= 15 is 0 Å². The number of thiocarbonyl (C=S) groups is 1. The summed E-state index contributed by atoms with van der Waals surface area (Å²) in [4.78, 5) is 41.0. The minimum Gasteiger partial charge on any atom is -0.493 e. The van der Waals surface area contributed by atoms with Crippen LogP contribution in [0.15, 0.2) is 59.5 Å². The van der Waals surface area contributed by atoms with Crippen molar-refractivity contribution in [2.75, 3.05) is 58.4 Å². The van der Waals surface area contributed by atoms with Gasteiger partial charge in [-0.1, -0.05) is 30.0 Å². The van der Waals surface area contributed by atoms with Crippen molar-refractivity contribution >= 4 is 57.8 Å². The molecule has 2 fully saturated rings. The van der Waals surface area contributed by atoms with Crippen LogP contribution in [0, 0.1) is 11.6 Å². The van der Waals surface area contributed by atoms with Gasteiger partial charge < -0.3 is 24.6 Å². The maximum atomic E-state index is 14.2. The molecule has 0 spiro atoms. The van der Waals surface area contributed by atoms with Crippen LogP contribution in [0.4, 0.5) is 14.5 Å². The lowest BCUT2D eigenvalue weighted by atomic mass is 10.0. The molecular formula is C33H31F2N3O7S2. The minimum absolute atomic E-state index is 0.0160. The molecule has 0 atom stereocenters. The summed E-state index contributed by atoms with van der Waals surface area (Å²) >= 11 is 6.54. The van der Waals surface area contributed by atoms with Crippen molar-refractivity contribution < 1.29 is 42.5 Å². The number of aromatic carboxylic acids is 1. The first kappa shape index (κ1) is 34.0. The number of anilines is 1. The number of morpholine rings is 1. The minimum atomic E-state index is -1.08. The SMILES string of the molecule is COc1cc(-c2ccc(F)c(F)c2)cc(/C=C2\SC(=S)N(CCC(=O)Nc3ccc(C(=O)O)cc3)C2=O)c1OCCN1CCOCC1. The van der Waals surface area contributed by atoms with Gasteiger partial charge in [0.05, 0.1) is 30.8 Å². The number of methoxy groups -OCH3 is 1. The summed E-state index contributed by atoms with van der Waals surface area (Å²) in [5, 5.41) is 11.7. The number of thioether (sulfide) groups is 1. The molecule has 0 radical (unpaired) electrons. The highest BCUT2D eigenvalue weighted by molar-refractivity contribution is 8.26. The number of hydrogen-bond acceptors (Lipinski definition) is 9. The number of amides is 2. The van der Waals surface area contributed by atoms with Gasteiger partial charge in [0.2, 0.25) is 5.91 Å².